The third kappa shape index (κ3) is 4.67. The molecule has 0 atom stereocenters. The van der Waals surface area contributed by atoms with Gasteiger partial charge in [-0.3, -0.25) is 14.9 Å². The van der Waals surface area contributed by atoms with Crippen molar-refractivity contribution in [2.45, 2.75) is 0 Å². The molecule has 7 nitrogen and oxygen atoms in total. The number of esters is 1. The Hall–Kier alpha value is -3.19. The van der Waals surface area contributed by atoms with Crippen LogP contribution in [0.5, 0.6) is 0 Å². The molecule has 0 aromatic heterocycles. The van der Waals surface area contributed by atoms with E-state index in [-0.39, 0.29) is 22.8 Å². The van der Waals surface area contributed by atoms with Crippen molar-refractivity contribution >= 4 is 34.9 Å². The molecule has 0 radical (unpaired) electrons. The summed E-state index contributed by atoms with van der Waals surface area (Å²) in [6, 6.07) is 12.2. The minimum absolute atomic E-state index is 0.0555. The lowest BCUT2D eigenvalue weighted by atomic mass is 10.2. The number of nitro groups is 1. The van der Waals surface area contributed by atoms with E-state index in [1.54, 1.807) is 30.3 Å². The second kappa shape index (κ2) is 8.77. The molecule has 1 amide bonds. The molecule has 0 spiro atoms. The van der Waals surface area contributed by atoms with Crippen molar-refractivity contribution in [2.75, 3.05) is 18.1 Å². The van der Waals surface area contributed by atoms with E-state index in [1.165, 1.54) is 11.0 Å². The molecule has 0 aliphatic carbocycles. The van der Waals surface area contributed by atoms with Crippen LogP contribution < -0.4 is 4.90 Å². The van der Waals surface area contributed by atoms with Gasteiger partial charge in [-0.25, -0.2) is 4.79 Å². The van der Waals surface area contributed by atoms with E-state index >= 15 is 0 Å². The van der Waals surface area contributed by atoms with Crippen LogP contribution >= 0.6 is 11.6 Å². The predicted molar refractivity (Wildman–Crippen MR) is 97.4 cm³/mol. The molecule has 0 aliphatic rings. The standard InChI is InChI=1S/C18H15ClN2O5/c1-2-10-20(13-6-4-3-5-7-13)17(22)12-26-18(23)15-9-8-14(21(24)25)11-16(15)19/h2-9,11H,1,10,12H2. The van der Waals surface area contributed by atoms with Crippen LogP contribution in [0.25, 0.3) is 0 Å². The van der Waals surface area contributed by atoms with E-state index in [9.17, 15) is 19.7 Å². The number of para-hydroxylation sites is 1. The third-order valence-corrected chi connectivity index (χ3v) is 3.70. The molecule has 2 rings (SSSR count). The van der Waals surface area contributed by atoms with E-state index in [1.807, 2.05) is 6.07 Å². The molecular weight excluding hydrogens is 360 g/mol. The van der Waals surface area contributed by atoms with Crippen molar-refractivity contribution in [3.63, 3.8) is 0 Å². The molecule has 2 aromatic carbocycles. The number of benzene rings is 2. The van der Waals surface area contributed by atoms with Crippen molar-refractivity contribution in [2.24, 2.45) is 0 Å². The highest BCUT2D eigenvalue weighted by molar-refractivity contribution is 6.33. The predicted octanol–water partition coefficient (Wildman–Crippen LogP) is 3.62. The first kappa shape index (κ1) is 19.1. The fourth-order valence-electron chi connectivity index (χ4n) is 2.15. The summed E-state index contributed by atoms with van der Waals surface area (Å²) in [6.07, 6.45) is 1.56. The first-order valence-corrected chi connectivity index (χ1v) is 7.89. The van der Waals surface area contributed by atoms with Crippen LogP contribution in [0.15, 0.2) is 61.2 Å². The van der Waals surface area contributed by atoms with Crippen LogP contribution in [0.1, 0.15) is 10.4 Å². The van der Waals surface area contributed by atoms with Crippen molar-refractivity contribution < 1.29 is 19.2 Å². The summed E-state index contributed by atoms with van der Waals surface area (Å²) in [4.78, 5) is 36.0. The number of carbonyl (C=O) groups excluding carboxylic acids is 2. The number of anilines is 1. The molecule has 0 saturated carbocycles. The van der Waals surface area contributed by atoms with E-state index < -0.39 is 23.4 Å². The lowest BCUT2D eigenvalue weighted by molar-refractivity contribution is -0.384. The number of hydrogen-bond donors (Lipinski definition) is 0. The Balaban J connectivity index is 2.07. The van der Waals surface area contributed by atoms with Gasteiger partial charge in [-0.15, -0.1) is 6.58 Å². The first-order valence-electron chi connectivity index (χ1n) is 7.51. The highest BCUT2D eigenvalue weighted by Gasteiger charge is 2.20. The van der Waals surface area contributed by atoms with Gasteiger partial charge in [0, 0.05) is 24.4 Å². The first-order chi connectivity index (χ1) is 12.4. The summed E-state index contributed by atoms with van der Waals surface area (Å²) in [5.41, 5.74) is 0.339. The number of hydrogen-bond acceptors (Lipinski definition) is 5. The average Bonchev–Trinajstić information content (AvgIpc) is 2.64. The van der Waals surface area contributed by atoms with Crippen LogP contribution in [0.4, 0.5) is 11.4 Å². The van der Waals surface area contributed by atoms with Gasteiger partial charge in [0.1, 0.15) is 0 Å². The fraction of sp³-hybridized carbons (Fsp3) is 0.111. The van der Waals surface area contributed by atoms with E-state index in [0.29, 0.717) is 5.69 Å². The molecule has 0 aliphatic heterocycles. The van der Waals surface area contributed by atoms with Crippen LogP contribution in [0.2, 0.25) is 5.02 Å². The minimum Gasteiger partial charge on any atom is -0.452 e. The van der Waals surface area contributed by atoms with Gasteiger partial charge in [0.15, 0.2) is 6.61 Å². The Morgan fingerprint density at radius 3 is 2.50 bits per heavy atom. The number of carbonyl (C=O) groups is 2. The number of nitro benzene ring substituents is 1. The SMILES string of the molecule is C=CCN(C(=O)COC(=O)c1ccc([N+](=O)[O-])cc1Cl)c1ccccc1. The molecule has 0 N–H and O–H groups in total. The maximum Gasteiger partial charge on any atom is 0.340 e. The molecule has 8 heteroatoms. The number of rotatable bonds is 7. The van der Waals surface area contributed by atoms with Crippen LogP contribution in [-0.2, 0) is 9.53 Å². The second-order valence-corrected chi connectivity index (χ2v) is 5.53. The molecule has 2 aromatic rings. The van der Waals surface area contributed by atoms with Gasteiger partial charge < -0.3 is 9.64 Å². The Labute approximate surface area is 154 Å². The summed E-state index contributed by atoms with van der Waals surface area (Å²) in [6.45, 7) is 3.35. The maximum atomic E-state index is 12.4. The lowest BCUT2D eigenvalue weighted by Gasteiger charge is -2.21. The van der Waals surface area contributed by atoms with Crippen molar-refractivity contribution in [3.8, 4) is 0 Å². The maximum absolute atomic E-state index is 12.4. The van der Waals surface area contributed by atoms with Crippen LogP contribution in [0.3, 0.4) is 0 Å². The Kier molecular flexibility index (Phi) is 6.46. The number of halogens is 1. The number of amides is 1. The lowest BCUT2D eigenvalue weighted by Crippen LogP contribution is -2.34. The molecule has 26 heavy (non-hydrogen) atoms. The Morgan fingerprint density at radius 1 is 1.23 bits per heavy atom. The molecule has 0 bridgehead atoms. The molecule has 0 saturated heterocycles. The zero-order chi connectivity index (χ0) is 19.1. The third-order valence-electron chi connectivity index (χ3n) is 3.39. The summed E-state index contributed by atoms with van der Waals surface area (Å²) < 4.78 is 5.00. The minimum atomic E-state index is -0.843. The monoisotopic (exact) mass is 374 g/mol. The van der Waals surface area contributed by atoms with Gasteiger partial charge in [0.25, 0.3) is 11.6 Å². The molecule has 0 fully saturated rings. The van der Waals surface area contributed by atoms with Crippen molar-refractivity contribution in [1.29, 1.82) is 0 Å². The van der Waals surface area contributed by atoms with Crippen molar-refractivity contribution in [3.05, 3.63) is 81.9 Å². The molecule has 0 heterocycles. The summed E-state index contributed by atoms with van der Waals surface area (Å²) in [5.74, 6) is -1.28. The average molecular weight is 375 g/mol. The normalized spacial score (nSPS) is 10.0. The zero-order valence-corrected chi connectivity index (χ0v) is 14.4. The molecule has 0 unspecified atom stereocenters. The van der Waals surface area contributed by atoms with Crippen molar-refractivity contribution in [1.82, 2.24) is 0 Å². The quantitative estimate of drug-likeness (QED) is 0.319. The Morgan fingerprint density at radius 2 is 1.92 bits per heavy atom. The van der Waals surface area contributed by atoms with E-state index in [2.05, 4.69) is 6.58 Å². The fourth-order valence-corrected chi connectivity index (χ4v) is 2.41. The van der Waals surface area contributed by atoms with Gasteiger partial charge >= 0.3 is 5.97 Å². The molecule has 134 valence electrons. The number of ether oxygens (including phenoxy) is 1. The number of non-ortho nitro benzene ring substituents is 1. The molecular formula is C18H15ClN2O5. The van der Waals surface area contributed by atoms with Crippen LogP contribution in [0, 0.1) is 10.1 Å². The van der Waals surface area contributed by atoms with Gasteiger partial charge in [0.2, 0.25) is 0 Å². The zero-order valence-electron chi connectivity index (χ0n) is 13.6. The summed E-state index contributed by atoms with van der Waals surface area (Å²) in [5, 5.41) is 10.6. The van der Waals surface area contributed by atoms with Crippen LogP contribution in [-0.4, -0.2) is 30.0 Å². The van der Waals surface area contributed by atoms with Gasteiger partial charge in [-0.05, 0) is 18.2 Å². The Bertz CT molecular complexity index is 839. The smallest absolute Gasteiger partial charge is 0.340 e. The topological polar surface area (TPSA) is 89.8 Å². The summed E-state index contributed by atoms with van der Waals surface area (Å²) >= 11 is 5.88. The second-order valence-electron chi connectivity index (χ2n) is 5.13. The number of nitrogens with zero attached hydrogens (tertiary/aromatic N) is 2. The van der Waals surface area contributed by atoms with Gasteiger partial charge in [-0.2, -0.15) is 0 Å². The highest BCUT2D eigenvalue weighted by atomic mass is 35.5. The largest absolute Gasteiger partial charge is 0.452 e. The van der Waals surface area contributed by atoms with Gasteiger partial charge in [0.05, 0.1) is 15.5 Å². The van der Waals surface area contributed by atoms with E-state index in [4.69, 9.17) is 16.3 Å². The van der Waals surface area contributed by atoms with E-state index in [0.717, 1.165) is 12.1 Å². The summed E-state index contributed by atoms with van der Waals surface area (Å²) in [7, 11) is 0. The van der Waals surface area contributed by atoms with Gasteiger partial charge in [-0.1, -0.05) is 35.9 Å². The highest BCUT2D eigenvalue weighted by Crippen LogP contribution is 2.23.